The number of hydrogen-bond donors (Lipinski definition) is 1. The standard InChI is InChI=1S/C28H37NO4/c1-31-18-6-7-25-27(19-26(30)28(25)29-16-4-3-5-17-29)33-20-21-8-10-22(11-9-21)23-12-14-24(32-2)15-13-23/h6,8-15,18,25-28,30H,3-5,7,16-17,19-20H2,1-2H3/b18-6+/t25-,26+,27-,28+/m1/s1. The fourth-order valence-electron chi connectivity index (χ4n) is 5.36. The molecule has 0 radical (unpaired) electrons. The van der Waals surface area contributed by atoms with Crippen molar-refractivity contribution in [3.63, 3.8) is 0 Å². The fraction of sp³-hybridized carbons (Fsp3) is 0.500. The van der Waals surface area contributed by atoms with Crippen LogP contribution in [0.2, 0.25) is 0 Å². The maximum atomic E-state index is 10.9. The topological polar surface area (TPSA) is 51.2 Å². The third-order valence-corrected chi connectivity index (χ3v) is 7.08. The van der Waals surface area contributed by atoms with Gasteiger partial charge < -0.3 is 19.3 Å². The number of rotatable bonds is 9. The Morgan fingerprint density at radius 1 is 0.939 bits per heavy atom. The average molecular weight is 452 g/mol. The minimum absolute atomic E-state index is 0.0368. The van der Waals surface area contributed by atoms with Crippen molar-refractivity contribution in [2.24, 2.45) is 5.92 Å². The van der Waals surface area contributed by atoms with E-state index in [1.54, 1.807) is 20.5 Å². The van der Waals surface area contributed by atoms with E-state index in [0.29, 0.717) is 13.0 Å². The number of nitrogens with zero attached hydrogens (tertiary/aromatic N) is 1. The van der Waals surface area contributed by atoms with Gasteiger partial charge >= 0.3 is 0 Å². The van der Waals surface area contributed by atoms with Crippen LogP contribution in [0.1, 0.15) is 37.7 Å². The lowest BCUT2D eigenvalue weighted by Gasteiger charge is -2.37. The zero-order valence-electron chi connectivity index (χ0n) is 19.9. The molecule has 1 saturated heterocycles. The summed E-state index contributed by atoms with van der Waals surface area (Å²) in [7, 11) is 3.35. The molecule has 5 nitrogen and oxygen atoms in total. The van der Waals surface area contributed by atoms with Crippen LogP contribution in [0, 0.1) is 5.92 Å². The zero-order chi connectivity index (χ0) is 23.0. The lowest BCUT2D eigenvalue weighted by atomic mass is 9.94. The van der Waals surface area contributed by atoms with Crippen molar-refractivity contribution < 1.29 is 19.3 Å². The molecule has 1 saturated carbocycles. The number of ether oxygens (including phenoxy) is 3. The molecule has 2 aliphatic rings. The fourth-order valence-corrected chi connectivity index (χ4v) is 5.36. The lowest BCUT2D eigenvalue weighted by molar-refractivity contribution is -0.00133. The Morgan fingerprint density at radius 2 is 1.61 bits per heavy atom. The third kappa shape index (κ3) is 5.97. The van der Waals surface area contributed by atoms with Crippen LogP contribution in [0.5, 0.6) is 5.75 Å². The first kappa shape index (κ1) is 23.8. The first-order valence-electron chi connectivity index (χ1n) is 12.1. The van der Waals surface area contributed by atoms with Crippen LogP contribution in [-0.2, 0) is 16.1 Å². The Balaban J connectivity index is 1.40. The Kier molecular flexibility index (Phi) is 8.43. The second-order valence-corrected chi connectivity index (χ2v) is 9.17. The molecule has 4 rings (SSSR count). The van der Waals surface area contributed by atoms with Crippen molar-refractivity contribution in [3.8, 4) is 16.9 Å². The molecule has 5 heteroatoms. The minimum atomic E-state index is -0.341. The molecule has 2 fully saturated rings. The summed E-state index contributed by atoms with van der Waals surface area (Å²) < 4.78 is 16.8. The molecule has 0 unspecified atom stereocenters. The van der Waals surface area contributed by atoms with E-state index in [9.17, 15) is 5.11 Å². The lowest BCUT2D eigenvalue weighted by Crippen LogP contribution is -2.47. The highest BCUT2D eigenvalue weighted by atomic mass is 16.5. The molecule has 1 aliphatic carbocycles. The largest absolute Gasteiger partial charge is 0.505 e. The molecule has 33 heavy (non-hydrogen) atoms. The van der Waals surface area contributed by atoms with Gasteiger partial charge in [-0.15, -0.1) is 0 Å². The second-order valence-electron chi connectivity index (χ2n) is 9.17. The maximum absolute atomic E-state index is 10.9. The molecule has 1 aliphatic heterocycles. The second kappa shape index (κ2) is 11.7. The van der Waals surface area contributed by atoms with Crippen molar-refractivity contribution in [2.45, 2.75) is 57.0 Å². The molecule has 0 amide bonds. The first-order valence-corrected chi connectivity index (χ1v) is 12.1. The maximum Gasteiger partial charge on any atom is 0.118 e. The van der Waals surface area contributed by atoms with Gasteiger partial charge in [-0.1, -0.05) is 42.8 Å². The van der Waals surface area contributed by atoms with E-state index in [1.807, 2.05) is 12.1 Å². The summed E-state index contributed by atoms with van der Waals surface area (Å²) in [4.78, 5) is 2.49. The Morgan fingerprint density at radius 3 is 2.24 bits per heavy atom. The summed E-state index contributed by atoms with van der Waals surface area (Å²) in [6.07, 6.45) is 8.78. The Labute approximate surface area is 198 Å². The molecular weight excluding hydrogens is 414 g/mol. The van der Waals surface area contributed by atoms with E-state index in [2.05, 4.69) is 47.4 Å². The predicted octanol–water partition coefficient (Wildman–Crippen LogP) is 5.03. The van der Waals surface area contributed by atoms with Crippen molar-refractivity contribution in [1.29, 1.82) is 0 Å². The number of methoxy groups -OCH3 is 2. The first-order chi connectivity index (χ1) is 16.2. The van der Waals surface area contributed by atoms with Gasteiger partial charge in [0.15, 0.2) is 0 Å². The molecule has 1 heterocycles. The molecular formula is C28H37NO4. The Bertz CT molecular complexity index is 874. The molecule has 0 bridgehead atoms. The molecule has 2 aromatic rings. The van der Waals surface area contributed by atoms with Gasteiger partial charge in [-0.3, -0.25) is 4.90 Å². The SMILES string of the molecule is CO/C=C/C[C@H]1[C@H](N2CCCCC2)[C@@H](O)C[C@H]1OCc1ccc(-c2ccc(OC)cc2)cc1. The zero-order valence-corrected chi connectivity index (χ0v) is 19.9. The molecule has 0 spiro atoms. The summed E-state index contributed by atoms with van der Waals surface area (Å²) in [6, 6.07) is 16.8. The van der Waals surface area contributed by atoms with Crippen molar-refractivity contribution in [2.75, 3.05) is 27.3 Å². The highest BCUT2D eigenvalue weighted by Crippen LogP contribution is 2.37. The van der Waals surface area contributed by atoms with Gasteiger partial charge in [0.1, 0.15) is 5.75 Å². The highest BCUT2D eigenvalue weighted by Gasteiger charge is 2.45. The molecule has 1 N–H and O–H groups in total. The summed E-state index contributed by atoms with van der Waals surface area (Å²) in [5, 5.41) is 10.9. The van der Waals surface area contributed by atoms with Crippen molar-refractivity contribution >= 4 is 0 Å². The smallest absolute Gasteiger partial charge is 0.118 e. The van der Waals surface area contributed by atoms with E-state index in [0.717, 1.165) is 36.4 Å². The van der Waals surface area contributed by atoms with E-state index in [4.69, 9.17) is 14.2 Å². The molecule has 4 atom stereocenters. The summed E-state index contributed by atoms with van der Waals surface area (Å²) in [5.74, 6) is 1.13. The van der Waals surface area contributed by atoms with Crippen LogP contribution in [-0.4, -0.2) is 55.6 Å². The normalized spacial score (nSPS) is 26.0. The van der Waals surface area contributed by atoms with Gasteiger partial charge in [0.25, 0.3) is 0 Å². The number of hydrogen-bond acceptors (Lipinski definition) is 5. The van der Waals surface area contributed by atoms with Gasteiger partial charge in [0.05, 0.1) is 39.3 Å². The van der Waals surface area contributed by atoms with E-state index in [1.165, 1.54) is 24.8 Å². The summed E-state index contributed by atoms with van der Waals surface area (Å²) >= 11 is 0. The van der Waals surface area contributed by atoms with E-state index in [-0.39, 0.29) is 24.2 Å². The molecule has 0 aromatic heterocycles. The van der Waals surface area contributed by atoms with Crippen LogP contribution in [0.3, 0.4) is 0 Å². The summed E-state index contributed by atoms with van der Waals surface area (Å²) in [6.45, 7) is 2.70. The quantitative estimate of drug-likeness (QED) is 0.542. The Hall–Kier alpha value is -2.34. The van der Waals surface area contributed by atoms with Crippen LogP contribution in [0.4, 0.5) is 0 Å². The number of piperidine rings is 1. The van der Waals surface area contributed by atoms with Crippen LogP contribution < -0.4 is 4.74 Å². The average Bonchev–Trinajstić information content (AvgIpc) is 3.18. The monoisotopic (exact) mass is 451 g/mol. The summed E-state index contributed by atoms with van der Waals surface area (Å²) in [5.41, 5.74) is 3.48. The van der Waals surface area contributed by atoms with Crippen molar-refractivity contribution in [3.05, 3.63) is 66.4 Å². The van der Waals surface area contributed by atoms with Gasteiger partial charge in [0, 0.05) is 18.4 Å². The number of benzene rings is 2. The minimum Gasteiger partial charge on any atom is -0.505 e. The van der Waals surface area contributed by atoms with E-state index < -0.39 is 0 Å². The van der Waals surface area contributed by atoms with Crippen LogP contribution in [0.25, 0.3) is 11.1 Å². The van der Waals surface area contributed by atoms with Crippen LogP contribution in [0.15, 0.2) is 60.9 Å². The van der Waals surface area contributed by atoms with Crippen molar-refractivity contribution in [1.82, 2.24) is 4.90 Å². The third-order valence-electron chi connectivity index (χ3n) is 7.08. The van der Waals surface area contributed by atoms with Gasteiger partial charge in [-0.25, -0.2) is 0 Å². The number of aliphatic hydroxyl groups excluding tert-OH is 1. The number of likely N-dealkylation sites (tertiary alicyclic amines) is 1. The predicted molar refractivity (Wildman–Crippen MR) is 131 cm³/mol. The number of aliphatic hydroxyl groups is 1. The van der Waals surface area contributed by atoms with E-state index >= 15 is 0 Å². The highest BCUT2D eigenvalue weighted by molar-refractivity contribution is 5.64. The number of allylic oxidation sites excluding steroid dienone is 1. The van der Waals surface area contributed by atoms with Gasteiger partial charge in [-0.05, 0) is 67.3 Å². The van der Waals surface area contributed by atoms with Gasteiger partial charge in [0.2, 0.25) is 0 Å². The molecule has 2 aromatic carbocycles. The van der Waals surface area contributed by atoms with Gasteiger partial charge in [-0.2, -0.15) is 0 Å². The molecule has 178 valence electrons. The van der Waals surface area contributed by atoms with Crippen LogP contribution >= 0.6 is 0 Å².